The normalized spacial score (nSPS) is 13.0. The molecule has 4 aliphatic rings. The van der Waals surface area contributed by atoms with Crippen LogP contribution in [-0.4, -0.2) is 39.3 Å². The molecule has 402 valence electrons. The van der Waals surface area contributed by atoms with Crippen molar-refractivity contribution in [2.75, 3.05) is 24.5 Å². The van der Waals surface area contributed by atoms with Crippen LogP contribution in [0.1, 0.15) is 0 Å². The van der Waals surface area contributed by atoms with E-state index in [9.17, 15) is 0 Å². The molecule has 12 aromatic carbocycles. The summed E-state index contributed by atoms with van der Waals surface area (Å²) in [5, 5.41) is 0. The van der Waals surface area contributed by atoms with Crippen LogP contribution in [0.5, 0.6) is 0 Å². The van der Waals surface area contributed by atoms with Gasteiger partial charge in [-0.15, -0.1) is 0 Å². The molecule has 0 spiro atoms. The molecule has 86 heavy (non-hydrogen) atoms. The fraction of sp³-hybridized carbons (Fsp3) is 0. The molecule has 1 aromatic heterocycles. The molecule has 17 rings (SSSR count). The van der Waals surface area contributed by atoms with Crippen molar-refractivity contribution in [3.63, 3.8) is 0 Å². The van der Waals surface area contributed by atoms with E-state index in [1.54, 1.807) is 0 Å². The molecule has 0 radical (unpaired) electrons. The van der Waals surface area contributed by atoms with Gasteiger partial charge in [0, 0.05) is 0 Å². The molecular formula is C77H52B2N6Te. The first kappa shape index (κ1) is 50.2. The monoisotopic (exact) mass is 1210 g/mol. The first-order valence-electron chi connectivity index (χ1n) is 29.4. The molecule has 9 heteroatoms. The number of pyridine rings is 1. The van der Waals surface area contributed by atoms with Crippen LogP contribution in [0.15, 0.2) is 316 Å². The Hall–Kier alpha value is -10.3. The molecule has 0 fully saturated rings. The average molecular weight is 1210 g/mol. The topological polar surface area (TPSA) is 29.1 Å². The molecule has 13 aromatic rings. The quantitative estimate of drug-likeness (QED) is 0.127. The van der Waals surface area contributed by atoms with Crippen LogP contribution in [-0.2, 0) is 0 Å². The molecule has 6 nitrogen and oxygen atoms in total. The van der Waals surface area contributed by atoms with Crippen molar-refractivity contribution in [3.05, 3.63) is 316 Å². The number of hydrogen-bond acceptors (Lipinski definition) is 6. The number of hydrogen-bond donors (Lipinski definition) is 0. The summed E-state index contributed by atoms with van der Waals surface area (Å²) < 4.78 is 2.88. The Balaban J connectivity index is 0.974. The van der Waals surface area contributed by atoms with E-state index in [0.29, 0.717) is 0 Å². The van der Waals surface area contributed by atoms with Crippen molar-refractivity contribution >= 4 is 160 Å². The van der Waals surface area contributed by atoms with Gasteiger partial charge in [0.25, 0.3) is 0 Å². The van der Waals surface area contributed by atoms with Crippen molar-refractivity contribution in [1.29, 1.82) is 0 Å². The summed E-state index contributed by atoms with van der Waals surface area (Å²) in [6.45, 7) is -0.159. The van der Waals surface area contributed by atoms with Crippen LogP contribution in [0.25, 0.3) is 11.3 Å². The summed E-state index contributed by atoms with van der Waals surface area (Å²) in [5.74, 6) is 0. The second kappa shape index (κ2) is 20.8. The van der Waals surface area contributed by atoms with Gasteiger partial charge in [-0.25, -0.2) is 0 Å². The van der Waals surface area contributed by atoms with E-state index in [4.69, 9.17) is 4.98 Å². The molecule has 5 heterocycles. The summed E-state index contributed by atoms with van der Waals surface area (Å²) in [6.07, 6.45) is 1.92. The molecule has 0 amide bonds. The van der Waals surface area contributed by atoms with Gasteiger partial charge >= 0.3 is 516 Å². The zero-order valence-corrected chi connectivity index (χ0v) is 49.1. The van der Waals surface area contributed by atoms with E-state index in [0.717, 1.165) is 73.8 Å². The summed E-state index contributed by atoms with van der Waals surface area (Å²) in [6, 6.07) is 114. The first-order chi connectivity index (χ1) is 42.7. The molecule has 4 aliphatic heterocycles. The van der Waals surface area contributed by atoms with Crippen molar-refractivity contribution < 1.29 is 0 Å². The summed E-state index contributed by atoms with van der Waals surface area (Å²) in [7, 11) is 0. The Labute approximate surface area is 512 Å². The zero-order valence-electron chi connectivity index (χ0n) is 46.8. The third-order valence-electron chi connectivity index (χ3n) is 17.4. The van der Waals surface area contributed by atoms with Gasteiger partial charge in [0.05, 0.1) is 0 Å². The first-order valence-corrected chi connectivity index (χ1v) is 31.8. The van der Waals surface area contributed by atoms with Gasteiger partial charge in [-0.05, 0) is 0 Å². The number of nitrogens with zero attached hydrogens (tertiary/aromatic N) is 6. The number of benzene rings is 12. The van der Waals surface area contributed by atoms with E-state index in [1.165, 1.54) is 62.7 Å². The van der Waals surface area contributed by atoms with Crippen LogP contribution in [0.2, 0.25) is 0 Å². The van der Waals surface area contributed by atoms with Gasteiger partial charge in [-0.1, -0.05) is 0 Å². The van der Waals surface area contributed by atoms with Crippen LogP contribution in [0.3, 0.4) is 0 Å². The minimum absolute atomic E-state index is 0.0336. The van der Waals surface area contributed by atoms with Crippen LogP contribution < -0.4 is 64.5 Å². The molecule has 0 N–H and O–H groups in total. The molecule has 0 unspecified atom stereocenters. The molecule has 0 saturated carbocycles. The maximum atomic E-state index is 5.08. The van der Waals surface area contributed by atoms with E-state index in [2.05, 4.69) is 328 Å². The Morgan fingerprint density at radius 2 is 0.698 bits per heavy atom. The Morgan fingerprint density at radius 3 is 1.21 bits per heavy atom. The number of anilines is 15. The van der Waals surface area contributed by atoms with E-state index in [1.807, 2.05) is 12.3 Å². The van der Waals surface area contributed by atoms with Crippen LogP contribution in [0, 0.1) is 0 Å². The Morgan fingerprint density at radius 1 is 0.279 bits per heavy atom. The predicted octanol–water partition coefficient (Wildman–Crippen LogP) is 14.0. The fourth-order valence-electron chi connectivity index (χ4n) is 13.9. The molecule has 0 aliphatic carbocycles. The van der Waals surface area contributed by atoms with E-state index < -0.39 is 20.9 Å². The predicted molar refractivity (Wildman–Crippen MR) is 364 cm³/mol. The number of rotatable bonds is 10. The molecule has 0 atom stereocenters. The van der Waals surface area contributed by atoms with Gasteiger partial charge < -0.3 is 0 Å². The third kappa shape index (κ3) is 8.15. The second-order valence-corrected chi connectivity index (χ2v) is 25.3. The Kier molecular flexibility index (Phi) is 12.1. The summed E-state index contributed by atoms with van der Waals surface area (Å²) in [5.41, 5.74) is 26.9. The summed E-state index contributed by atoms with van der Waals surface area (Å²) in [4.78, 5) is 17.6. The number of fused-ring (bicyclic) bond motifs is 8. The standard InChI is InChI=1S/C77H52B2N6Te/c1-7-27-53(28-8-1)81(54-29-9-2-10-30-54)59-47-71-76-72(48-59)85(67-43-22-19-39-61(67)66-42-25-26-46-80-66)70-52-74-65(51-64(70)78(76)62-40-20-23-44-68(62)83(71)57-35-15-5-16-36-57)79-63-41-21-24-45-69(63)84(58-37-17-6-18-38-58)73-49-60(50-75(86-74)77(73)79)82(55-31-11-3-12-32-55)56-33-13-4-14-34-56/h1-52H. The van der Waals surface area contributed by atoms with E-state index in [-0.39, 0.29) is 13.4 Å². The van der Waals surface area contributed by atoms with Gasteiger partial charge in [-0.3, -0.25) is 0 Å². The fourth-order valence-corrected chi connectivity index (χ4v) is 17.4. The zero-order chi connectivity index (χ0) is 56.7. The van der Waals surface area contributed by atoms with Gasteiger partial charge in [0.1, 0.15) is 0 Å². The van der Waals surface area contributed by atoms with Gasteiger partial charge in [-0.2, -0.15) is 0 Å². The van der Waals surface area contributed by atoms with Gasteiger partial charge in [0.2, 0.25) is 0 Å². The van der Waals surface area contributed by atoms with Crippen LogP contribution in [0.4, 0.5) is 85.3 Å². The Bertz CT molecular complexity index is 4640. The maximum absolute atomic E-state index is 5.08. The summed E-state index contributed by atoms with van der Waals surface area (Å²) >= 11 is -1.10. The van der Waals surface area contributed by atoms with Gasteiger partial charge in [0.15, 0.2) is 0 Å². The van der Waals surface area contributed by atoms with E-state index >= 15 is 0 Å². The van der Waals surface area contributed by atoms with Crippen molar-refractivity contribution in [2.24, 2.45) is 0 Å². The third-order valence-corrected chi connectivity index (χ3v) is 20.7. The molecule has 0 saturated heterocycles. The number of para-hydroxylation sites is 9. The SMILES string of the molecule is c1ccc(N(c2ccccc2)c2cc3c4c(c2)N(c2ccccc2)c2ccccc2B4c2cc4c(cc2[Te]3)N(c2ccccc2-c2ccccn2)c2cc(N(c3ccccc3)c3ccccc3)cc3c2B4c2ccccc2N3c2ccccc2)cc1. The molecular weight excluding hydrogens is 1160 g/mol. The average Bonchev–Trinajstić information content (AvgIpc) is 0.795. The van der Waals surface area contributed by atoms with Crippen molar-refractivity contribution in [1.82, 2.24) is 4.98 Å². The number of aromatic nitrogens is 1. The van der Waals surface area contributed by atoms with Crippen molar-refractivity contribution in [3.8, 4) is 11.3 Å². The molecule has 0 bridgehead atoms. The van der Waals surface area contributed by atoms with Crippen molar-refractivity contribution in [2.45, 2.75) is 0 Å². The van der Waals surface area contributed by atoms with Crippen LogP contribution >= 0.6 is 0 Å². The minimum atomic E-state index is -1.10. The second-order valence-electron chi connectivity index (χ2n) is 22.2.